The van der Waals surface area contributed by atoms with E-state index in [2.05, 4.69) is 50.4 Å². The Morgan fingerprint density at radius 2 is 1.79 bits per heavy atom. The van der Waals surface area contributed by atoms with Gasteiger partial charge in [-0.25, -0.2) is 0 Å². The van der Waals surface area contributed by atoms with Crippen molar-refractivity contribution in [1.29, 1.82) is 0 Å². The fraction of sp³-hybridized carbons (Fsp3) is 0.800. The van der Waals surface area contributed by atoms with Crippen LogP contribution in [0.4, 0.5) is 0 Å². The average molecular weight is 266 g/mol. The van der Waals surface area contributed by atoms with Crippen LogP contribution in [0.2, 0.25) is 0 Å². The van der Waals surface area contributed by atoms with Gasteiger partial charge in [-0.3, -0.25) is 4.68 Å². The molecule has 0 unspecified atom stereocenters. The van der Waals surface area contributed by atoms with Gasteiger partial charge in [-0.2, -0.15) is 5.10 Å². The monoisotopic (exact) mass is 266 g/mol. The van der Waals surface area contributed by atoms with Crippen molar-refractivity contribution in [3.63, 3.8) is 0 Å². The zero-order valence-electron chi connectivity index (χ0n) is 13.4. The topological polar surface area (TPSA) is 41.9 Å². The maximum atomic E-state index is 4.44. The van der Waals surface area contributed by atoms with Crippen molar-refractivity contribution < 1.29 is 0 Å². The van der Waals surface area contributed by atoms with Gasteiger partial charge in [-0.15, -0.1) is 0 Å². The standard InChI is InChI=1S/C15H30N4/c1-12-14(13(2)19(6)18-12)8-11-16-9-7-10-17-15(3,4)5/h16-17H,7-11H2,1-6H3. The Labute approximate surface area is 118 Å². The molecule has 0 aromatic carbocycles. The molecule has 1 aromatic rings. The minimum absolute atomic E-state index is 0.226. The molecule has 0 radical (unpaired) electrons. The molecule has 110 valence electrons. The summed E-state index contributed by atoms with van der Waals surface area (Å²) < 4.78 is 1.97. The average Bonchev–Trinajstić information content (AvgIpc) is 2.52. The molecule has 4 heteroatoms. The zero-order valence-corrected chi connectivity index (χ0v) is 13.4. The van der Waals surface area contributed by atoms with Crippen molar-refractivity contribution in [3.8, 4) is 0 Å². The van der Waals surface area contributed by atoms with Crippen LogP contribution in [-0.2, 0) is 13.5 Å². The molecule has 0 spiro atoms. The number of rotatable bonds is 7. The summed E-state index contributed by atoms with van der Waals surface area (Å²) in [6.45, 7) is 14.0. The van der Waals surface area contributed by atoms with Crippen LogP contribution in [0.3, 0.4) is 0 Å². The SMILES string of the molecule is Cc1nn(C)c(C)c1CCNCCCNC(C)(C)C. The van der Waals surface area contributed by atoms with Crippen LogP contribution >= 0.6 is 0 Å². The van der Waals surface area contributed by atoms with Crippen LogP contribution in [-0.4, -0.2) is 35.0 Å². The Bertz CT molecular complexity index is 388. The normalized spacial score (nSPS) is 12.1. The summed E-state index contributed by atoms with van der Waals surface area (Å²) in [7, 11) is 2.01. The second-order valence-corrected chi connectivity index (χ2v) is 6.30. The summed E-state index contributed by atoms with van der Waals surface area (Å²) in [5, 5.41) is 11.5. The van der Waals surface area contributed by atoms with Crippen molar-refractivity contribution in [2.24, 2.45) is 7.05 Å². The van der Waals surface area contributed by atoms with E-state index in [1.165, 1.54) is 17.7 Å². The lowest BCUT2D eigenvalue weighted by molar-refractivity contribution is 0.419. The van der Waals surface area contributed by atoms with Crippen molar-refractivity contribution in [2.75, 3.05) is 19.6 Å². The number of aryl methyl sites for hydroxylation is 2. The van der Waals surface area contributed by atoms with Gasteiger partial charge in [0.1, 0.15) is 0 Å². The van der Waals surface area contributed by atoms with Gasteiger partial charge in [0.2, 0.25) is 0 Å². The van der Waals surface area contributed by atoms with Crippen molar-refractivity contribution in [3.05, 3.63) is 17.0 Å². The smallest absolute Gasteiger partial charge is 0.0628 e. The second kappa shape index (κ2) is 7.06. The molecule has 19 heavy (non-hydrogen) atoms. The molecule has 0 aliphatic carbocycles. The molecule has 1 heterocycles. The van der Waals surface area contributed by atoms with Gasteiger partial charge in [0.15, 0.2) is 0 Å². The Hall–Kier alpha value is -0.870. The van der Waals surface area contributed by atoms with Crippen LogP contribution in [0.5, 0.6) is 0 Å². The summed E-state index contributed by atoms with van der Waals surface area (Å²) in [6.07, 6.45) is 2.24. The summed E-state index contributed by atoms with van der Waals surface area (Å²) in [4.78, 5) is 0. The molecule has 1 rings (SSSR count). The van der Waals surface area contributed by atoms with E-state index < -0.39 is 0 Å². The van der Waals surface area contributed by atoms with Gasteiger partial charge >= 0.3 is 0 Å². The third kappa shape index (κ3) is 5.74. The first-order chi connectivity index (χ1) is 8.81. The summed E-state index contributed by atoms with van der Waals surface area (Å²) in [6, 6.07) is 0. The van der Waals surface area contributed by atoms with Crippen molar-refractivity contribution in [1.82, 2.24) is 20.4 Å². The minimum atomic E-state index is 0.226. The van der Waals surface area contributed by atoms with Crippen LogP contribution in [0.15, 0.2) is 0 Å². The first-order valence-corrected chi connectivity index (χ1v) is 7.26. The summed E-state index contributed by atoms with van der Waals surface area (Å²) in [5.41, 5.74) is 4.07. The van der Waals surface area contributed by atoms with E-state index >= 15 is 0 Å². The molecule has 0 fully saturated rings. The number of hydrogen-bond acceptors (Lipinski definition) is 3. The minimum Gasteiger partial charge on any atom is -0.316 e. The third-order valence-corrected chi connectivity index (χ3v) is 3.40. The molecule has 0 aliphatic rings. The number of hydrogen-bond donors (Lipinski definition) is 2. The van der Waals surface area contributed by atoms with Gasteiger partial charge in [-0.05, 0) is 72.7 Å². The molecule has 4 nitrogen and oxygen atoms in total. The predicted octanol–water partition coefficient (Wildman–Crippen LogP) is 1.95. The van der Waals surface area contributed by atoms with Gasteiger partial charge in [0, 0.05) is 18.3 Å². The summed E-state index contributed by atoms with van der Waals surface area (Å²) in [5.74, 6) is 0. The second-order valence-electron chi connectivity index (χ2n) is 6.30. The van der Waals surface area contributed by atoms with E-state index in [0.29, 0.717) is 0 Å². The lowest BCUT2D eigenvalue weighted by atomic mass is 10.1. The van der Waals surface area contributed by atoms with Crippen LogP contribution in [0, 0.1) is 13.8 Å². The zero-order chi connectivity index (χ0) is 14.5. The quantitative estimate of drug-likeness (QED) is 0.741. The summed E-state index contributed by atoms with van der Waals surface area (Å²) >= 11 is 0. The Balaban J connectivity index is 2.14. The molecule has 0 saturated heterocycles. The fourth-order valence-electron chi connectivity index (χ4n) is 2.19. The highest BCUT2D eigenvalue weighted by Crippen LogP contribution is 2.11. The van der Waals surface area contributed by atoms with Crippen LogP contribution in [0.25, 0.3) is 0 Å². The Morgan fingerprint density at radius 3 is 2.32 bits per heavy atom. The highest BCUT2D eigenvalue weighted by atomic mass is 15.3. The highest BCUT2D eigenvalue weighted by molar-refractivity contribution is 5.24. The first kappa shape index (κ1) is 16.2. The number of aromatic nitrogens is 2. The van der Waals surface area contributed by atoms with E-state index in [9.17, 15) is 0 Å². The number of nitrogens with zero attached hydrogens (tertiary/aromatic N) is 2. The largest absolute Gasteiger partial charge is 0.316 e. The van der Waals surface area contributed by atoms with Gasteiger partial charge in [0.25, 0.3) is 0 Å². The van der Waals surface area contributed by atoms with Crippen molar-refractivity contribution >= 4 is 0 Å². The molecule has 1 aromatic heterocycles. The first-order valence-electron chi connectivity index (χ1n) is 7.26. The lowest BCUT2D eigenvalue weighted by Crippen LogP contribution is -2.37. The Kier molecular flexibility index (Phi) is 6.01. The maximum absolute atomic E-state index is 4.44. The molecule has 0 bridgehead atoms. The van der Waals surface area contributed by atoms with E-state index in [1.54, 1.807) is 0 Å². The lowest BCUT2D eigenvalue weighted by Gasteiger charge is -2.20. The maximum Gasteiger partial charge on any atom is 0.0628 e. The molecular weight excluding hydrogens is 236 g/mol. The Morgan fingerprint density at radius 1 is 1.11 bits per heavy atom. The van der Waals surface area contributed by atoms with Crippen LogP contribution in [0.1, 0.15) is 44.1 Å². The van der Waals surface area contributed by atoms with E-state index in [0.717, 1.165) is 31.7 Å². The molecule has 2 N–H and O–H groups in total. The van der Waals surface area contributed by atoms with E-state index in [-0.39, 0.29) is 5.54 Å². The van der Waals surface area contributed by atoms with E-state index in [1.807, 2.05) is 11.7 Å². The van der Waals surface area contributed by atoms with Gasteiger partial charge < -0.3 is 10.6 Å². The van der Waals surface area contributed by atoms with E-state index in [4.69, 9.17) is 0 Å². The third-order valence-electron chi connectivity index (χ3n) is 3.40. The predicted molar refractivity (Wildman–Crippen MR) is 81.6 cm³/mol. The molecular formula is C15H30N4. The molecule has 0 saturated carbocycles. The van der Waals surface area contributed by atoms with Gasteiger partial charge in [0.05, 0.1) is 5.69 Å². The van der Waals surface area contributed by atoms with Crippen LogP contribution < -0.4 is 10.6 Å². The molecule has 0 amide bonds. The van der Waals surface area contributed by atoms with Crippen molar-refractivity contribution in [2.45, 2.75) is 53.0 Å². The highest BCUT2D eigenvalue weighted by Gasteiger charge is 2.09. The molecule has 0 atom stereocenters. The number of nitrogens with one attached hydrogen (secondary N) is 2. The van der Waals surface area contributed by atoms with Gasteiger partial charge in [-0.1, -0.05) is 0 Å². The molecule has 0 aliphatic heterocycles. The fourth-order valence-corrected chi connectivity index (χ4v) is 2.19.